The van der Waals surface area contributed by atoms with Crippen LogP contribution in [0.15, 0.2) is 60.8 Å². The maximum Gasteiger partial charge on any atom is 0.250 e. The summed E-state index contributed by atoms with van der Waals surface area (Å²) in [5.74, 6) is 2.35. The third-order valence-electron chi connectivity index (χ3n) is 5.77. The molecule has 0 aliphatic carbocycles. The zero-order valence-corrected chi connectivity index (χ0v) is 16.4. The summed E-state index contributed by atoms with van der Waals surface area (Å²) in [4.78, 5) is 26.0. The molecule has 0 spiro atoms. The summed E-state index contributed by atoms with van der Waals surface area (Å²) in [5, 5.41) is 0. The van der Waals surface area contributed by atoms with Crippen LogP contribution in [0.5, 0.6) is 5.75 Å². The number of hydrogen-bond acceptors (Lipinski definition) is 5. The van der Waals surface area contributed by atoms with Gasteiger partial charge >= 0.3 is 0 Å². The van der Waals surface area contributed by atoms with Gasteiger partial charge in [0.25, 0.3) is 0 Å². The van der Waals surface area contributed by atoms with E-state index in [1.54, 1.807) is 13.3 Å². The van der Waals surface area contributed by atoms with E-state index in [1.807, 2.05) is 48.2 Å². The lowest BCUT2D eigenvalue weighted by Crippen LogP contribution is -2.51. The Bertz CT molecular complexity index is 1070. The number of rotatable bonds is 4. The minimum atomic E-state index is -0.195. The summed E-state index contributed by atoms with van der Waals surface area (Å²) >= 11 is 0. The Labute approximate surface area is 169 Å². The first kappa shape index (κ1) is 17.7. The van der Waals surface area contributed by atoms with Crippen molar-refractivity contribution in [3.63, 3.8) is 0 Å². The Morgan fingerprint density at radius 3 is 2.62 bits per heavy atom. The maximum atomic E-state index is 13.3. The second-order valence-electron chi connectivity index (χ2n) is 7.48. The molecule has 0 saturated carbocycles. The average molecular weight is 386 g/mol. The normalized spacial score (nSPS) is 20.4. The van der Waals surface area contributed by atoms with Crippen LogP contribution in [-0.2, 0) is 4.79 Å². The molecule has 2 aromatic carbocycles. The van der Waals surface area contributed by atoms with Crippen LogP contribution in [0.3, 0.4) is 0 Å². The van der Waals surface area contributed by atoms with Crippen molar-refractivity contribution in [3.8, 4) is 16.9 Å². The molecule has 0 radical (unpaired) electrons. The molecule has 29 heavy (non-hydrogen) atoms. The molecule has 6 heteroatoms. The molecule has 3 heterocycles. The predicted molar refractivity (Wildman–Crippen MR) is 112 cm³/mol. The fourth-order valence-corrected chi connectivity index (χ4v) is 4.44. The van der Waals surface area contributed by atoms with Crippen LogP contribution in [0.1, 0.15) is 12.2 Å². The van der Waals surface area contributed by atoms with Crippen LogP contribution >= 0.6 is 0 Å². The van der Waals surface area contributed by atoms with E-state index in [0.29, 0.717) is 5.82 Å². The van der Waals surface area contributed by atoms with Gasteiger partial charge in [-0.3, -0.25) is 4.79 Å². The number of benzene rings is 2. The number of aromatic nitrogens is 2. The van der Waals surface area contributed by atoms with Crippen molar-refractivity contribution in [2.24, 2.45) is 0 Å². The predicted octanol–water partition coefficient (Wildman–Crippen LogP) is 3.45. The molecule has 2 saturated heterocycles. The standard InChI is InChI=1S/C23H22N4O2/c1-15-24-11-10-22(25-15)26-14-18-13-20(26)23(28)27(18)19-12-17(8-9-21(19)29-2)16-6-4-3-5-7-16/h3-12,18,20H,13-14H2,1-2H3. The molecule has 2 fully saturated rings. The number of methoxy groups -OCH3 is 1. The van der Waals surface area contributed by atoms with Crippen molar-refractivity contribution in [2.75, 3.05) is 23.5 Å². The molecular weight excluding hydrogens is 364 g/mol. The van der Waals surface area contributed by atoms with Crippen LogP contribution in [0.25, 0.3) is 11.1 Å². The SMILES string of the molecule is COc1ccc(-c2ccccc2)cc1N1C(=O)C2CC1CN2c1ccnc(C)n1. The van der Waals surface area contributed by atoms with E-state index in [4.69, 9.17) is 4.74 Å². The molecule has 5 rings (SSSR count). The van der Waals surface area contributed by atoms with E-state index in [1.165, 1.54) is 0 Å². The molecule has 2 aliphatic heterocycles. The number of piperazine rings is 1. The Morgan fingerprint density at radius 1 is 1.07 bits per heavy atom. The van der Waals surface area contributed by atoms with Gasteiger partial charge in [0.05, 0.1) is 18.8 Å². The Hall–Kier alpha value is -3.41. The van der Waals surface area contributed by atoms with Crippen LogP contribution in [0.4, 0.5) is 11.5 Å². The third kappa shape index (κ3) is 2.92. The van der Waals surface area contributed by atoms with Gasteiger partial charge in [0.15, 0.2) is 0 Å². The lowest BCUT2D eigenvalue weighted by Gasteiger charge is -2.35. The van der Waals surface area contributed by atoms with Crippen molar-refractivity contribution in [3.05, 3.63) is 66.6 Å². The lowest BCUT2D eigenvalue weighted by atomic mass is 10.0. The van der Waals surface area contributed by atoms with Crippen molar-refractivity contribution in [1.29, 1.82) is 0 Å². The van der Waals surface area contributed by atoms with Gasteiger partial charge in [-0.2, -0.15) is 0 Å². The number of anilines is 2. The topological polar surface area (TPSA) is 58.6 Å². The molecule has 2 atom stereocenters. The first-order valence-electron chi connectivity index (χ1n) is 9.78. The van der Waals surface area contributed by atoms with Crippen molar-refractivity contribution < 1.29 is 9.53 Å². The van der Waals surface area contributed by atoms with Crippen molar-refractivity contribution in [2.45, 2.75) is 25.4 Å². The molecule has 2 bridgehead atoms. The van der Waals surface area contributed by atoms with Crippen LogP contribution < -0.4 is 14.5 Å². The van der Waals surface area contributed by atoms with Gasteiger partial charge in [0, 0.05) is 12.7 Å². The smallest absolute Gasteiger partial charge is 0.250 e. The van der Waals surface area contributed by atoms with Gasteiger partial charge in [-0.25, -0.2) is 9.97 Å². The highest BCUT2D eigenvalue weighted by molar-refractivity contribution is 6.05. The minimum Gasteiger partial charge on any atom is -0.495 e. The highest BCUT2D eigenvalue weighted by atomic mass is 16.5. The number of carbonyl (C=O) groups is 1. The van der Waals surface area contributed by atoms with Gasteiger partial charge in [-0.1, -0.05) is 36.4 Å². The fourth-order valence-electron chi connectivity index (χ4n) is 4.44. The molecule has 3 aromatic rings. The zero-order chi connectivity index (χ0) is 20.0. The molecule has 1 amide bonds. The minimum absolute atomic E-state index is 0.0982. The maximum absolute atomic E-state index is 13.3. The highest BCUT2D eigenvalue weighted by Crippen LogP contribution is 2.42. The third-order valence-corrected chi connectivity index (χ3v) is 5.77. The summed E-state index contributed by atoms with van der Waals surface area (Å²) in [5.41, 5.74) is 3.02. The van der Waals surface area contributed by atoms with E-state index in [-0.39, 0.29) is 18.0 Å². The molecule has 1 aromatic heterocycles. The van der Waals surface area contributed by atoms with Crippen molar-refractivity contribution >= 4 is 17.4 Å². The van der Waals surface area contributed by atoms with E-state index in [2.05, 4.69) is 33.1 Å². The lowest BCUT2D eigenvalue weighted by molar-refractivity contribution is -0.118. The molecule has 146 valence electrons. The van der Waals surface area contributed by atoms with Gasteiger partial charge < -0.3 is 14.5 Å². The monoisotopic (exact) mass is 386 g/mol. The fraction of sp³-hybridized carbons (Fsp3) is 0.261. The summed E-state index contributed by atoms with van der Waals surface area (Å²) in [7, 11) is 1.65. The van der Waals surface area contributed by atoms with Crippen LogP contribution in [-0.4, -0.2) is 41.6 Å². The van der Waals surface area contributed by atoms with E-state index < -0.39 is 0 Å². The number of aryl methyl sites for hydroxylation is 1. The number of ether oxygens (including phenoxy) is 1. The Morgan fingerprint density at radius 2 is 1.90 bits per heavy atom. The summed E-state index contributed by atoms with van der Waals surface area (Å²) < 4.78 is 5.60. The number of hydrogen-bond donors (Lipinski definition) is 0. The Kier molecular flexibility index (Phi) is 4.19. The second-order valence-corrected chi connectivity index (χ2v) is 7.48. The van der Waals surface area contributed by atoms with Gasteiger partial charge in [0.1, 0.15) is 23.4 Å². The highest BCUT2D eigenvalue weighted by Gasteiger charge is 2.51. The zero-order valence-electron chi connectivity index (χ0n) is 16.4. The number of carbonyl (C=O) groups excluding carboxylic acids is 1. The first-order valence-corrected chi connectivity index (χ1v) is 9.78. The molecule has 0 N–H and O–H groups in total. The second kappa shape index (κ2) is 6.88. The van der Waals surface area contributed by atoms with E-state index in [0.717, 1.165) is 41.3 Å². The van der Waals surface area contributed by atoms with Crippen LogP contribution in [0, 0.1) is 6.92 Å². The van der Waals surface area contributed by atoms with Crippen LogP contribution in [0.2, 0.25) is 0 Å². The Balaban J connectivity index is 1.49. The number of fused-ring (bicyclic) bond motifs is 2. The van der Waals surface area contributed by atoms with E-state index >= 15 is 0 Å². The average Bonchev–Trinajstić information content (AvgIpc) is 3.32. The molecule has 2 unspecified atom stereocenters. The summed E-state index contributed by atoms with van der Waals surface area (Å²) in [6.45, 7) is 2.62. The van der Waals surface area contributed by atoms with Gasteiger partial charge in [-0.05, 0) is 42.7 Å². The summed E-state index contributed by atoms with van der Waals surface area (Å²) in [6.07, 6.45) is 2.54. The molecule has 2 aliphatic rings. The number of nitrogens with zero attached hydrogens (tertiary/aromatic N) is 4. The number of amides is 1. The van der Waals surface area contributed by atoms with E-state index in [9.17, 15) is 4.79 Å². The molecule has 6 nitrogen and oxygen atoms in total. The van der Waals surface area contributed by atoms with Crippen molar-refractivity contribution in [1.82, 2.24) is 9.97 Å². The summed E-state index contributed by atoms with van der Waals surface area (Å²) in [6, 6.07) is 18.0. The largest absolute Gasteiger partial charge is 0.495 e. The first-order chi connectivity index (χ1) is 14.2. The van der Waals surface area contributed by atoms with Gasteiger partial charge in [-0.15, -0.1) is 0 Å². The quantitative estimate of drug-likeness (QED) is 0.687. The van der Waals surface area contributed by atoms with Gasteiger partial charge in [0.2, 0.25) is 5.91 Å². The molecular formula is C23H22N4O2.